The van der Waals surface area contributed by atoms with Gasteiger partial charge in [0.25, 0.3) is 0 Å². The van der Waals surface area contributed by atoms with Crippen LogP contribution < -0.4 is 0 Å². The highest BCUT2D eigenvalue weighted by Crippen LogP contribution is 2.46. The van der Waals surface area contributed by atoms with Crippen LogP contribution in [0.3, 0.4) is 0 Å². The van der Waals surface area contributed by atoms with Gasteiger partial charge in [-0.1, -0.05) is 44.2 Å². The Labute approximate surface area is 85.8 Å². The molecule has 1 nitrogen and oxygen atoms in total. The zero-order chi connectivity index (χ0) is 10.1. The molecule has 0 spiro atoms. The summed E-state index contributed by atoms with van der Waals surface area (Å²) in [6, 6.07) is 10.4. The van der Waals surface area contributed by atoms with E-state index in [1.165, 1.54) is 5.56 Å². The van der Waals surface area contributed by atoms with Crippen molar-refractivity contribution in [3.8, 4) is 0 Å². The monoisotopic (exact) mass is 190 g/mol. The summed E-state index contributed by atoms with van der Waals surface area (Å²) in [4.78, 5) is 0. The highest BCUT2D eigenvalue weighted by molar-refractivity contribution is 5.25. The van der Waals surface area contributed by atoms with Crippen LogP contribution in [-0.4, -0.2) is 11.2 Å². The summed E-state index contributed by atoms with van der Waals surface area (Å²) in [6.07, 6.45) is 0.849. The maximum Gasteiger partial charge on any atom is 0.0614 e. The number of rotatable bonds is 2. The molecule has 0 heterocycles. The third kappa shape index (κ3) is 1.57. The summed E-state index contributed by atoms with van der Waals surface area (Å²) in [7, 11) is 0. The molecule has 0 aromatic heterocycles. The Bertz CT molecular complexity index is 291. The molecule has 76 valence electrons. The summed E-state index contributed by atoms with van der Waals surface area (Å²) >= 11 is 0. The average molecular weight is 190 g/mol. The van der Waals surface area contributed by atoms with Crippen LogP contribution in [-0.2, 0) is 0 Å². The van der Waals surface area contributed by atoms with Crippen LogP contribution in [0.2, 0.25) is 0 Å². The minimum absolute atomic E-state index is 0.121. The van der Waals surface area contributed by atoms with Crippen LogP contribution in [0.4, 0.5) is 0 Å². The first-order valence-corrected chi connectivity index (χ1v) is 5.43. The maximum atomic E-state index is 9.78. The second-order valence-electron chi connectivity index (χ2n) is 4.65. The summed E-state index contributed by atoms with van der Waals surface area (Å²) in [5.74, 6) is 1.70. The van der Waals surface area contributed by atoms with E-state index in [9.17, 15) is 5.11 Å². The third-order valence-corrected chi connectivity index (χ3v) is 3.43. The Hall–Kier alpha value is -0.820. The second-order valence-corrected chi connectivity index (χ2v) is 4.65. The minimum atomic E-state index is -0.121. The summed E-state index contributed by atoms with van der Waals surface area (Å²) in [5, 5.41) is 9.78. The molecule has 1 N–H and O–H groups in total. The summed E-state index contributed by atoms with van der Waals surface area (Å²) in [6.45, 7) is 4.49. The molecule has 1 fully saturated rings. The molecule has 3 atom stereocenters. The minimum Gasteiger partial charge on any atom is -0.392 e. The fourth-order valence-corrected chi connectivity index (χ4v) is 2.49. The number of hydrogen-bond acceptors (Lipinski definition) is 1. The van der Waals surface area contributed by atoms with Gasteiger partial charge in [0.15, 0.2) is 0 Å². The first kappa shape index (κ1) is 9.72. The molecule has 2 rings (SSSR count). The molecule has 0 aliphatic heterocycles. The van der Waals surface area contributed by atoms with Crippen molar-refractivity contribution in [2.24, 2.45) is 11.8 Å². The predicted molar refractivity (Wildman–Crippen MR) is 58.1 cm³/mol. The highest BCUT2D eigenvalue weighted by Gasteiger charge is 2.41. The van der Waals surface area contributed by atoms with Gasteiger partial charge in [0, 0.05) is 5.92 Å². The van der Waals surface area contributed by atoms with Crippen LogP contribution in [0.15, 0.2) is 30.3 Å². The smallest absolute Gasteiger partial charge is 0.0614 e. The molecular weight excluding hydrogens is 172 g/mol. The largest absolute Gasteiger partial charge is 0.392 e. The molecule has 1 heteroatoms. The molecule has 1 aromatic carbocycles. The van der Waals surface area contributed by atoms with Crippen LogP contribution >= 0.6 is 0 Å². The lowest BCUT2D eigenvalue weighted by Gasteiger charge is -2.44. The van der Waals surface area contributed by atoms with Gasteiger partial charge in [0.2, 0.25) is 0 Å². The lowest BCUT2D eigenvalue weighted by molar-refractivity contribution is -0.00929. The number of aliphatic hydroxyl groups is 1. The van der Waals surface area contributed by atoms with Crippen molar-refractivity contribution in [1.29, 1.82) is 0 Å². The van der Waals surface area contributed by atoms with E-state index in [1.807, 2.05) is 6.07 Å². The van der Waals surface area contributed by atoms with Crippen molar-refractivity contribution in [1.82, 2.24) is 0 Å². The van der Waals surface area contributed by atoms with Gasteiger partial charge in [-0.15, -0.1) is 0 Å². The Morgan fingerprint density at radius 1 is 1.21 bits per heavy atom. The van der Waals surface area contributed by atoms with Gasteiger partial charge in [0.05, 0.1) is 6.10 Å². The second kappa shape index (κ2) is 3.74. The van der Waals surface area contributed by atoms with Gasteiger partial charge in [-0.2, -0.15) is 0 Å². The van der Waals surface area contributed by atoms with Gasteiger partial charge in [-0.05, 0) is 23.8 Å². The van der Waals surface area contributed by atoms with E-state index in [2.05, 4.69) is 38.1 Å². The van der Waals surface area contributed by atoms with E-state index in [0.29, 0.717) is 17.8 Å². The summed E-state index contributed by atoms with van der Waals surface area (Å²) < 4.78 is 0. The van der Waals surface area contributed by atoms with Crippen LogP contribution in [0.5, 0.6) is 0 Å². The molecular formula is C13H18O. The summed E-state index contributed by atoms with van der Waals surface area (Å²) in [5.41, 5.74) is 1.30. The molecule has 0 radical (unpaired) electrons. The van der Waals surface area contributed by atoms with Gasteiger partial charge in [-0.25, -0.2) is 0 Å². The van der Waals surface area contributed by atoms with Crippen molar-refractivity contribution in [3.05, 3.63) is 35.9 Å². The van der Waals surface area contributed by atoms with Crippen molar-refractivity contribution >= 4 is 0 Å². The Balaban J connectivity index is 2.17. The Morgan fingerprint density at radius 3 is 2.36 bits per heavy atom. The molecule has 1 saturated carbocycles. The van der Waals surface area contributed by atoms with Gasteiger partial charge < -0.3 is 5.11 Å². The van der Waals surface area contributed by atoms with Gasteiger partial charge in [0.1, 0.15) is 0 Å². The quantitative estimate of drug-likeness (QED) is 0.760. The normalized spacial score (nSPS) is 31.6. The van der Waals surface area contributed by atoms with Crippen LogP contribution in [0.25, 0.3) is 0 Å². The fraction of sp³-hybridized carbons (Fsp3) is 0.538. The molecule has 0 bridgehead atoms. The average Bonchev–Trinajstić information content (AvgIpc) is 2.15. The van der Waals surface area contributed by atoms with Crippen LogP contribution in [0, 0.1) is 11.8 Å². The molecule has 1 aromatic rings. The first-order valence-electron chi connectivity index (χ1n) is 5.43. The standard InChI is InChI=1S/C13H18O/c1-9(2)11-8-12(14)13(11)10-6-4-3-5-7-10/h3-7,9,11-14H,8H2,1-2H3. The topological polar surface area (TPSA) is 20.2 Å². The van der Waals surface area contributed by atoms with E-state index >= 15 is 0 Å². The molecule has 3 unspecified atom stereocenters. The van der Waals surface area contributed by atoms with Crippen LogP contribution in [0.1, 0.15) is 31.7 Å². The SMILES string of the molecule is CC(C)C1CC(O)C1c1ccccc1. The van der Waals surface area contributed by atoms with Crippen molar-refractivity contribution in [2.45, 2.75) is 32.3 Å². The number of aliphatic hydroxyl groups excluding tert-OH is 1. The van der Waals surface area contributed by atoms with E-state index in [-0.39, 0.29) is 6.10 Å². The molecule has 14 heavy (non-hydrogen) atoms. The van der Waals surface area contributed by atoms with E-state index < -0.39 is 0 Å². The Kier molecular flexibility index (Phi) is 2.60. The van der Waals surface area contributed by atoms with Gasteiger partial charge >= 0.3 is 0 Å². The molecule has 1 aliphatic carbocycles. The zero-order valence-electron chi connectivity index (χ0n) is 8.85. The van der Waals surface area contributed by atoms with Gasteiger partial charge in [-0.3, -0.25) is 0 Å². The molecule has 1 aliphatic rings. The molecule has 0 saturated heterocycles. The predicted octanol–water partition coefficient (Wildman–Crippen LogP) is 2.81. The zero-order valence-corrected chi connectivity index (χ0v) is 8.85. The fourth-order valence-electron chi connectivity index (χ4n) is 2.49. The maximum absolute atomic E-state index is 9.78. The number of hydrogen-bond donors (Lipinski definition) is 1. The van der Waals surface area contributed by atoms with Crippen molar-refractivity contribution in [2.75, 3.05) is 0 Å². The van der Waals surface area contributed by atoms with Crippen molar-refractivity contribution < 1.29 is 5.11 Å². The number of benzene rings is 1. The lowest BCUT2D eigenvalue weighted by atomic mass is 9.63. The Morgan fingerprint density at radius 2 is 1.86 bits per heavy atom. The van der Waals surface area contributed by atoms with E-state index in [4.69, 9.17) is 0 Å². The van der Waals surface area contributed by atoms with E-state index in [0.717, 1.165) is 6.42 Å². The molecule has 0 amide bonds. The van der Waals surface area contributed by atoms with E-state index in [1.54, 1.807) is 0 Å². The van der Waals surface area contributed by atoms with Crippen molar-refractivity contribution in [3.63, 3.8) is 0 Å². The first-order chi connectivity index (χ1) is 6.70. The third-order valence-electron chi connectivity index (χ3n) is 3.43. The lowest BCUT2D eigenvalue weighted by Crippen LogP contribution is -2.41. The highest BCUT2D eigenvalue weighted by atomic mass is 16.3.